The second kappa shape index (κ2) is 3.42. The molecular formula is C7H12N2O3. The van der Waals surface area contributed by atoms with E-state index in [2.05, 4.69) is 0 Å². The lowest BCUT2D eigenvalue weighted by Crippen LogP contribution is -2.53. The summed E-state index contributed by atoms with van der Waals surface area (Å²) < 4.78 is 0. The minimum atomic E-state index is -0.827. The molecule has 0 aromatic rings. The molecule has 1 unspecified atom stereocenters. The van der Waals surface area contributed by atoms with Crippen molar-refractivity contribution in [2.75, 3.05) is 6.54 Å². The van der Waals surface area contributed by atoms with Crippen LogP contribution < -0.4 is 5.73 Å². The van der Waals surface area contributed by atoms with Crippen LogP contribution in [0.4, 0.5) is 4.79 Å². The lowest BCUT2D eigenvalue weighted by molar-refractivity contribution is -0.137. The van der Waals surface area contributed by atoms with Gasteiger partial charge in [0.2, 0.25) is 0 Å². The first-order chi connectivity index (χ1) is 5.61. The van der Waals surface area contributed by atoms with Crippen LogP contribution in [0, 0.1) is 0 Å². The topological polar surface area (TPSA) is 83.6 Å². The number of hydrogen-bond donors (Lipinski definition) is 2. The molecule has 1 aliphatic rings. The van der Waals surface area contributed by atoms with Gasteiger partial charge in [-0.15, -0.1) is 0 Å². The summed E-state index contributed by atoms with van der Waals surface area (Å²) in [4.78, 5) is 22.3. The van der Waals surface area contributed by atoms with Crippen molar-refractivity contribution in [1.29, 1.82) is 0 Å². The summed E-state index contributed by atoms with van der Waals surface area (Å²) in [7, 11) is 0. The fraction of sp³-hybridized carbons (Fsp3) is 0.714. The van der Waals surface area contributed by atoms with E-state index in [1.165, 1.54) is 4.90 Å². The second-order valence-electron chi connectivity index (χ2n) is 2.91. The highest BCUT2D eigenvalue weighted by Crippen LogP contribution is 2.20. The minimum absolute atomic E-state index is 0.0543. The molecule has 0 aromatic heterocycles. The molecule has 0 radical (unpaired) electrons. The van der Waals surface area contributed by atoms with Crippen molar-refractivity contribution in [2.45, 2.75) is 25.3 Å². The maximum Gasteiger partial charge on any atom is 0.315 e. The molecule has 1 aliphatic heterocycles. The lowest BCUT2D eigenvalue weighted by Gasteiger charge is -2.39. The third kappa shape index (κ3) is 1.87. The standard InChI is InChI=1S/C7H12N2O3/c8-7(12)9-4-3-5(9)1-2-6(10)11/h5H,1-4H2,(H2,8,12)(H,10,11). The summed E-state index contributed by atoms with van der Waals surface area (Å²) in [6, 6.07) is -0.393. The molecular weight excluding hydrogens is 160 g/mol. The number of carbonyl (C=O) groups excluding carboxylic acids is 1. The zero-order valence-electron chi connectivity index (χ0n) is 6.69. The number of nitrogens with two attached hydrogens (primary N) is 1. The predicted molar refractivity (Wildman–Crippen MR) is 41.6 cm³/mol. The first-order valence-electron chi connectivity index (χ1n) is 3.89. The maximum absolute atomic E-state index is 10.6. The number of carboxylic acid groups (broad SMARTS) is 1. The van der Waals surface area contributed by atoms with Gasteiger partial charge in [0.25, 0.3) is 0 Å². The number of nitrogens with zero attached hydrogens (tertiary/aromatic N) is 1. The van der Waals surface area contributed by atoms with Gasteiger partial charge in [-0.3, -0.25) is 4.79 Å². The van der Waals surface area contributed by atoms with E-state index in [0.717, 1.165) is 6.42 Å². The van der Waals surface area contributed by atoms with Crippen molar-refractivity contribution in [3.8, 4) is 0 Å². The molecule has 5 heteroatoms. The third-order valence-corrected chi connectivity index (χ3v) is 2.12. The number of rotatable bonds is 3. The van der Waals surface area contributed by atoms with Crippen LogP contribution >= 0.6 is 0 Å². The predicted octanol–water partition coefficient (Wildman–Crippen LogP) is 0.00420. The van der Waals surface area contributed by atoms with Crippen LogP contribution in [-0.2, 0) is 4.79 Å². The number of hydrogen-bond acceptors (Lipinski definition) is 2. The Morgan fingerprint density at radius 1 is 1.58 bits per heavy atom. The average molecular weight is 172 g/mol. The Hall–Kier alpha value is -1.26. The van der Waals surface area contributed by atoms with Crippen molar-refractivity contribution in [3.05, 3.63) is 0 Å². The van der Waals surface area contributed by atoms with Crippen molar-refractivity contribution in [3.63, 3.8) is 0 Å². The summed E-state index contributed by atoms with van der Waals surface area (Å²) in [5.74, 6) is -0.827. The maximum atomic E-state index is 10.6. The van der Waals surface area contributed by atoms with Gasteiger partial charge in [-0.1, -0.05) is 0 Å². The van der Waals surface area contributed by atoms with Gasteiger partial charge >= 0.3 is 12.0 Å². The number of carbonyl (C=O) groups is 2. The summed E-state index contributed by atoms with van der Waals surface area (Å²) >= 11 is 0. The summed E-state index contributed by atoms with van der Waals surface area (Å²) in [6.45, 7) is 0.666. The van der Waals surface area contributed by atoms with Crippen LogP contribution in [0.3, 0.4) is 0 Å². The lowest BCUT2D eigenvalue weighted by atomic mass is 9.99. The summed E-state index contributed by atoms with van der Waals surface area (Å²) in [5.41, 5.74) is 5.03. The Kier molecular flexibility index (Phi) is 2.52. The van der Waals surface area contributed by atoms with Crippen LogP contribution in [0.2, 0.25) is 0 Å². The molecule has 0 aliphatic carbocycles. The van der Waals surface area contributed by atoms with E-state index in [9.17, 15) is 9.59 Å². The molecule has 1 saturated heterocycles. The van der Waals surface area contributed by atoms with Gasteiger partial charge in [-0.2, -0.15) is 0 Å². The third-order valence-electron chi connectivity index (χ3n) is 2.12. The zero-order valence-corrected chi connectivity index (χ0v) is 6.69. The highest BCUT2D eigenvalue weighted by Gasteiger charge is 2.30. The second-order valence-corrected chi connectivity index (χ2v) is 2.91. The van der Waals surface area contributed by atoms with Crippen LogP contribution in [0.15, 0.2) is 0 Å². The average Bonchev–Trinajstić information content (AvgIpc) is 1.82. The van der Waals surface area contributed by atoms with E-state index in [4.69, 9.17) is 10.8 Å². The van der Waals surface area contributed by atoms with Gasteiger partial charge in [0.05, 0.1) is 0 Å². The van der Waals surface area contributed by atoms with Crippen molar-refractivity contribution < 1.29 is 14.7 Å². The molecule has 5 nitrogen and oxygen atoms in total. The quantitative estimate of drug-likeness (QED) is 0.628. The molecule has 1 fully saturated rings. The van der Waals surface area contributed by atoms with E-state index in [1.807, 2.05) is 0 Å². The fourth-order valence-corrected chi connectivity index (χ4v) is 1.32. The minimum Gasteiger partial charge on any atom is -0.481 e. The van der Waals surface area contributed by atoms with Gasteiger partial charge in [0.15, 0.2) is 0 Å². The highest BCUT2D eigenvalue weighted by molar-refractivity contribution is 5.73. The van der Waals surface area contributed by atoms with E-state index in [0.29, 0.717) is 13.0 Å². The first-order valence-corrected chi connectivity index (χ1v) is 3.89. The number of amides is 2. The Morgan fingerprint density at radius 2 is 2.25 bits per heavy atom. The van der Waals surface area contributed by atoms with Crippen LogP contribution in [-0.4, -0.2) is 34.6 Å². The number of primary amides is 1. The Labute approximate surface area is 70.1 Å². The molecule has 12 heavy (non-hydrogen) atoms. The summed E-state index contributed by atoms with van der Waals surface area (Å²) in [5, 5.41) is 8.37. The number of likely N-dealkylation sites (tertiary alicyclic amines) is 1. The first kappa shape index (κ1) is 8.83. The fourth-order valence-electron chi connectivity index (χ4n) is 1.32. The molecule has 0 aromatic carbocycles. The zero-order chi connectivity index (χ0) is 9.14. The molecule has 3 N–H and O–H groups in total. The van der Waals surface area contributed by atoms with Gasteiger partial charge in [-0.05, 0) is 12.8 Å². The smallest absolute Gasteiger partial charge is 0.315 e. The van der Waals surface area contributed by atoms with E-state index in [1.54, 1.807) is 0 Å². The molecule has 0 saturated carbocycles. The van der Waals surface area contributed by atoms with Gasteiger partial charge < -0.3 is 15.7 Å². The molecule has 68 valence electrons. The molecule has 2 amide bonds. The van der Waals surface area contributed by atoms with Crippen molar-refractivity contribution in [2.24, 2.45) is 5.73 Å². The normalized spacial score (nSPS) is 21.7. The SMILES string of the molecule is NC(=O)N1CCC1CCC(=O)O. The van der Waals surface area contributed by atoms with Gasteiger partial charge in [0, 0.05) is 19.0 Å². The largest absolute Gasteiger partial charge is 0.481 e. The van der Waals surface area contributed by atoms with Gasteiger partial charge in [-0.25, -0.2) is 4.79 Å². The Balaban J connectivity index is 2.25. The van der Waals surface area contributed by atoms with Gasteiger partial charge in [0.1, 0.15) is 0 Å². The number of carboxylic acids is 1. The monoisotopic (exact) mass is 172 g/mol. The number of urea groups is 1. The molecule has 0 bridgehead atoms. The van der Waals surface area contributed by atoms with E-state index >= 15 is 0 Å². The Morgan fingerprint density at radius 3 is 2.58 bits per heavy atom. The van der Waals surface area contributed by atoms with E-state index in [-0.39, 0.29) is 12.5 Å². The van der Waals surface area contributed by atoms with E-state index < -0.39 is 12.0 Å². The van der Waals surface area contributed by atoms with Crippen molar-refractivity contribution >= 4 is 12.0 Å². The molecule has 1 atom stereocenters. The summed E-state index contributed by atoms with van der Waals surface area (Å²) in [6.07, 6.45) is 1.49. The van der Waals surface area contributed by atoms with Crippen LogP contribution in [0.25, 0.3) is 0 Å². The van der Waals surface area contributed by atoms with Crippen LogP contribution in [0.1, 0.15) is 19.3 Å². The molecule has 1 heterocycles. The molecule has 1 rings (SSSR count). The number of aliphatic carboxylic acids is 1. The Bertz CT molecular complexity index is 205. The van der Waals surface area contributed by atoms with Crippen molar-refractivity contribution in [1.82, 2.24) is 4.90 Å². The highest BCUT2D eigenvalue weighted by atomic mass is 16.4. The molecule has 0 spiro atoms. The van der Waals surface area contributed by atoms with Crippen LogP contribution in [0.5, 0.6) is 0 Å².